The molecule has 19 heavy (non-hydrogen) atoms. The van der Waals surface area contributed by atoms with Crippen molar-refractivity contribution in [2.45, 2.75) is 45.6 Å². The molecule has 0 aromatic carbocycles. The lowest BCUT2D eigenvalue weighted by Gasteiger charge is -2.31. The number of urea groups is 1. The molecule has 2 fully saturated rings. The summed E-state index contributed by atoms with van der Waals surface area (Å²) in [5.41, 5.74) is 0. The van der Waals surface area contributed by atoms with Gasteiger partial charge in [0.25, 0.3) is 0 Å². The summed E-state index contributed by atoms with van der Waals surface area (Å²) < 4.78 is 0. The van der Waals surface area contributed by atoms with E-state index in [0.29, 0.717) is 5.92 Å². The van der Waals surface area contributed by atoms with Crippen LogP contribution in [0.3, 0.4) is 0 Å². The standard InChI is InChI=1S/C14H25N3O2/c1-11-5-9-17(10-6-11)14(19)15-12(2)13(18)16-7-3-4-8-16/h11-12H,3-10H2,1-2H3,(H,15,19). The third kappa shape index (κ3) is 3.61. The Bertz CT molecular complexity index is 332. The second-order valence-corrected chi connectivity index (χ2v) is 5.87. The second-order valence-electron chi connectivity index (χ2n) is 5.87. The average molecular weight is 267 g/mol. The number of piperidine rings is 1. The molecule has 0 radical (unpaired) electrons. The van der Waals surface area contributed by atoms with Gasteiger partial charge in [-0.15, -0.1) is 0 Å². The minimum Gasteiger partial charge on any atom is -0.341 e. The zero-order chi connectivity index (χ0) is 13.8. The van der Waals surface area contributed by atoms with Crippen molar-refractivity contribution in [3.63, 3.8) is 0 Å². The Balaban J connectivity index is 1.79. The van der Waals surface area contributed by atoms with Crippen LogP contribution in [0, 0.1) is 5.92 Å². The minimum absolute atomic E-state index is 0.0521. The van der Waals surface area contributed by atoms with E-state index >= 15 is 0 Å². The van der Waals surface area contributed by atoms with Gasteiger partial charge >= 0.3 is 6.03 Å². The molecule has 2 aliphatic heterocycles. The molecule has 0 spiro atoms. The van der Waals surface area contributed by atoms with Gasteiger partial charge in [0.1, 0.15) is 6.04 Å². The number of nitrogens with one attached hydrogen (secondary N) is 1. The number of nitrogens with zero attached hydrogens (tertiary/aromatic N) is 2. The van der Waals surface area contributed by atoms with Gasteiger partial charge < -0.3 is 15.1 Å². The molecule has 1 atom stereocenters. The van der Waals surface area contributed by atoms with E-state index in [2.05, 4.69) is 12.2 Å². The predicted octanol–water partition coefficient (Wildman–Crippen LogP) is 1.44. The maximum absolute atomic E-state index is 12.1. The Morgan fingerprint density at radius 3 is 2.21 bits per heavy atom. The lowest BCUT2D eigenvalue weighted by Crippen LogP contribution is -2.51. The zero-order valence-corrected chi connectivity index (χ0v) is 12.0. The molecule has 5 heteroatoms. The van der Waals surface area contributed by atoms with Crippen LogP contribution in [0.4, 0.5) is 4.79 Å². The first-order valence-corrected chi connectivity index (χ1v) is 7.42. The van der Waals surface area contributed by atoms with Gasteiger partial charge in [-0.3, -0.25) is 4.79 Å². The third-order valence-electron chi connectivity index (χ3n) is 4.20. The smallest absolute Gasteiger partial charge is 0.318 e. The number of hydrogen-bond donors (Lipinski definition) is 1. The molecule has 2 rings (SSSR count). The fourth-order valence-electron chi connectivity index (χ4n) is 2.76. The molecule has 0 saturated carbocycles. The summed E-state index contributed by atoms with van der Waals surface area (Å²) in [5, 5.41) is 2.84. The van der Waals surface area contributed by atoms with Crippen molar-refractivity contribution in [2.24, 2.45) is 5.92 Å². The fraction of sp³-hybridized carbons (Fsp3) is 0.857. The Morgan fingerprint density at radius 2 is 1.63 bits per heavy atom. The van der Waals surface area contributed by atoms with Crippen molar-refractivity contribution in [2.75, 3.05) is 26.2 Å². The average Bonchev–Trinajstić information content (AvgIpc) is 2.92. The fourth-order valence-corrected chi connectivity index (χ4v) is 2.76. The van der Waals surface area contributed by atoms with Crippen LogP contribution in [0.5, 0.6) is 0 Å². The van der Waals surface area contributed by atoms with E-state index in [9.17, 15) is 9.59 Å². The number of rotatable bonds is 2. The summed E-state index contributed by atoms with van der Waals surface area (Å²) in [6.45, 7) is 7.27. The molecule has 2 heterocycles. The van der Waals surface area contributed by atoms with Crippen LogP contribution in [0.15, 0.2) is 0 Å². The third-order valence-corrected chi connectivity index (χ3v) is 4.20. The van der Waals surface area contributed by atoms with Gasteiger partial charge in [-0.05, 0) is 38.5 Å². The molecule has 3 amide bonds. The summed E-state index contributed by atoms with van der Waals surface area (Å²) in [6.07, 6.45) is 4.27. The Kier molecular flexibility index (Phi) is 4.66. The lowest BCUT2D eigenvalue weighted by atomic mass is 10.00. The molecular formula is C14H25N3O2. The van der Waals surface area contributed by atoms with Gasteiger partial charge in [0.05, 0.1) is 0 Å². The minimum atomic E-state index is -0.412. The monoisotopic (exact) mass is 267 g/mol. The van der Waals surface area contributed by atoms with Crippen molar-refractivity contribution in [1.29, 1.82) is 0 Å². The molecule has 0 aromatic rings. The summed E-state index contributed by atoms with van der Waals surface area (Å²) >= 11 is 0. The largest absolute Gasteiger partial charge is 0.341 e. The normalized spacial score (nSPS) is 22.4. The number of carbonyl (C=O) groups excluding carboxylic acids is 2. The topological polar surface area (TPSA) is 52.7 Å². The van der Waals surface area contributed by atoms with E-state index in [1.807, 2.05) is 9.80 Å². The molecule has 5 nitrogen and oxygen atoms in total. The van der Waals surface area contributed by atoms with Gasteiger partial charge in [0.2, 0.25) is 5.91 Å². The van der Waals surface area contributed by atoms with Crippen molar-refractivity contribution in [3.8, 4) is 0 Å². The lowest BCUT2D eigenvalue weighted by molar-refractivity contribution is -0.131. The van der Waals surface area contributed by atoms with Crippen LogP contribution in [0.1, 0.15) is 39.5 Å². The molecule has 2 aliphatic rings. The van der Waals surface area contributed by atoms with Gasteiger partial charge in [-0.1, -0.05) is 6.92 Å². The highest BCUT2D eigenvalue weighted by molar-refractivity contribution is 5.86. The van der Waals surface area contributed by atoms with Crippen LogP contribution < -0.4 is 5.32 Å². The first-order valence-electron chi connectivity index (χ1n) is 7.42. The molecule has 0 bridgehead atoms. The molecule has 2 saturated heterocycles. The van der Waals surface area contributed by atoms with Gasteiger partial charge in [0, 0.05) is 26.2 Å². The summed E-state index contributed by atoms with van der Waals surface area (Å²) in [5.74, 6) is 0.754. The summed E-state index contributed by atoms with van der Waals surface area (Å²) in [7, 11) is 0. The maximum atomic E-state index is 12.1. The SMILES string of the molecule is CC1CCN(C(=O)NC(C)C(=O)N2CCCC2)CC1. The van der Waals surface area contributed by atoms with Gasteiger partial charge in [-0.25, -0.2) is 4.79 Å². The molecule has 0 aliphatic carbocycles. The van der Waals surface area contributed by atoms with Crippen LogP contribution in [0.25, 0.3) is 0 Å². The van der Waals surface area contributed by atoms with E-state index in [1.165, 1.54) is 0 Å². The Labute approximate surface area is 115 Å². The van der Waals surface area contributed by atoms with E-state index < -0.39 is 6.04 Å². The Morgan fingerprint density at radius 1 is 1.05 bits per heavy atom. The quantitative estimate of drug-likeness (QED) is 0.823. The van der Waals surface area contributed by atoms with E-state index in [4.69, 9.17) is 0 Å². The number of carbonyl (C=O) groups is 2. The molecular weight excluding hydrogens is 242 g/mol. The van der Waals surface area contributed by atoms with Gasteiger partial charge in [-0.2, -0.15) is 0 Å². The predicted molar refractivity (Wildman–Crippen MR) is 73.8 cm³/mol. The maximum Gasteiger partial charge on any atom is 0.318 e. The first kappa shape index (κ1) is 14.2. The highest BCUT2D eigenvalue weighted by Crippen LogP contribution is 2.16. The second kappa shape index (κ2) is 6.26. The van der Waals surface area contributed by atoms with E-state index in [0.717, 1.165) is 51.9 Å². The van der Waals surface area contributed by atoms with E-state index in [-0.39, 0.29) is 11.9 Å². The zero-order valence-electron chi connectivity index (χ0n) is 12.0. The van der Waals surface area contributed by atoms with Crippen LogP contribution in [-0.2, 0) is 4.79 Å². The van der Waals surface area contributed by atoms with Crippen molar-refractivity contribution in [3.05, 3.63) is 0 Å². The van der Waals surface area contributed by atoms with Crippen LogP contribution in [-0.4, -0.2) is 54.0 Å². The van der Waals surface area contributed by atoms with Crippen LogP contribution in [0.2, 0.25) is 0 Å². The highest BCUT2D eigenvalue weighted by atomic mass is 16.2. The van der Waals surface area contributed by atoms with Crippen molar-refractivity contribution < 1.29 is 9.59 Å². The van der Waals surface area contributed by atoms with Crippen molar-refractivity contribution >= 4 is 11.9 Å². The number of amides is 3. The van der Waals surface area contributed by atoms with Crippen LogP contribution >= 0.6 is 0 Å². The highest BCUT2D eigenvalue weighted by Gasteiger charge is 2.27. The van der Waals surface area contributed by atoms with Gasteiger partial charge in [0.15, 0.2) is 0 Å². The molecule has 0 aromatic heterocycles. The molecule has 1 N–H and O–H groups in total. The molecule has 1 unspecified atom stereocenters. The van der Waals surface area contributed by atoms with E-state index in [1.54, 1.807) is 6.92 Å². The summed E-state index contributed by atoms with van der Waals surface area (Å²) in [4.78, 5) is 27.9. The summed E-state index contributed by atoms with van der Waals surface area (Å²) in [6, 6.07) is -0.503. The Hall–Kier alpha value is -1.26. The number of hydrogen-bond acceptors (Lipinski definition) is 2. The van der Waals surface area contributed by atoms with Crippen molar-refractivity contribution in [1.82, 2.24) is 15.1 Å². The number of likely N-dealkylation sites (tertiary alicyclic amines) is 2. The first-order chi connectivity index (χ1) is 9.08. The molecule has 108 valence electrons.